The highest BCUT2D eigenvalue weighted by Gasteiger charge is 2.32. The Morgan fingerprint density at radius 1 is 1.44 bits per heavy atom. The minimum atomic E-state index is -3.41. The number of hydrogen-bond acceptors (Lipinski definition) is 5. The molecule has 0 spiro atoms. The van der Waals surface area contributed by atoms with E-state index >= 15 is 0 Å². The predicted molar refractivity (Wildman–Crippen MR) is 71.0 cm³/mol. The summed E-state index contributed by atoms with van der Waals surface area (Å²) >= 11 is 1.38. The minimum Gasteiger partial charge on any atom is -0.373 e. The van der Waals surface area contributed by atoms with E-state index in [1.165, 1.54) is 15.6 Å². The van der Waals surface area contributed by atoms with Gasteiger partial charge in [0.05, 0.1) is 17.1 Å². The van der Waals surface area contributed by atoms with E-state index in [4.69, 9.17) is 10.5 Å². The van der Waals surface area contributed by atoms with Gasteiger partial charge < -0.3 is 10.5 Å². The van der Waals surface area contributed by atoms with Crippen LogP contribution in [-0.2, 0) is 21.3 Å². The van der Waals surface area contributed by atoms with E-state index < -0.39 is 10.0 Å². The van der Waals surface area contributed by atoms with Gasteiger partial charge in [-0.05, 0) is 19.9 Å². The van der Waals surface area contributed by atoms with Crippen molar-refractivity contribution in [3.05, 3.63) is 16.3 Å². The number of morpholine rings is 1. The Morgan fingerprint density at radius 3 is 2.56 bits per heavy atom. The van der Waals surface area contributed by atoms with Crippen LogP contribution in [-0.4, -0.2) is 38.0 Å². The van der Waals surface area contributed by atoms with E-state index in [1.807, 2.05) is 13.8 Å². The Hall–Kier alpha value is -0.470. The maximum absolute atomic E-state index is 12.4. The van der Waals surface area contributed by atoms with E-state index in [2.05, 4.69) is 0 Å². The number of nitrogens with zero attached hydrogens (tertiary/aromatic N) is 1. The van der Waals surface area contributed by atoms with Crippen LogP contribution in [0.5, 0.6) is 0 Å². The van der Waals surface area contributed by atoms with Gasteiger partial charge in [-0.1, -0.05) is 0 Å². The van der Waals surface area contributed by atoms with Crippen LogP contribution in [0.4, 0.5) is 0 Å². The smallest absolute Gasteiger partial charge is 0.244 e. The number of thiophene rings is 1. The topological polar surface area (TPSA) is 72.6 Å². The zero-order valence-electron chi connectivity index (χ0n) is 10.5. The fourth-order valence-electron chi connectivity index (χ4n) is 2.08. The van der Waals surface area contributed by atoms with Crippen LogP contribution < -0.4 is 5.73 Å². The van der Waals surface area contributed by atoms with Gasteiger partial charge in [-0.3, -0.25) is 0 Å². The van der Waals surface area contributed by atoms with Crippen LogP contribution in [0.2, 0.25) is 0 Å². The molecule has 2 atom stereocenters. The van der Waals surface area contributed by atoms with Crippen LogP contribution in [0, 0.1) is 0 Å². The van der Waals surface area contributed by atoms with Gasteiger partial charge in [-0.15, -0.1) is 11.3 Å². The molecular weight excluding hydrogens is 272 g/mol. The zero-order chi connectivity index (χ0) is 13.3. The molecule has 2 heterocycles. The summed E-state index contributed by atoms with van der Waals surface area (Å²) in [5.74, 6) is 0. The number of rotatable bonds is 3. The third kappa shape index (κ3) is 2.75. The molecule has 5 nitrogen and oxygen atoms in total. The SMILES string of the molecule is CC1CN(S(=O)(=O)c2csc(CN)c2)CC(C)O1. The summed E-state index contributed by atoms with van der Waals surface area (Å²) in [6, 6.07) is 1.66. The molecule has 0 saturated carbocycles. The third-order valence-electron chi connectivity index (χ3n) is 2.85. The third-order valence-corrected chi connectivity index (χ3v) is 5.77. The number of sulfonamides is 1. The van der Waals surface area contributed by atoms with Gasteiger partial charge >= 0.3 is 0 Å². The number of hydrogen-bond donors (Lipinski definition) is 1. The second-order valence-electron chi connectivity index (χ2n) is 4.53. The quantitative estimate of drug-likeness (QED) is 0.901. The summed E-state index contributed by atoms with van der Waals surface area (Å²) < 4.78 is 31.9. The molecule has 1 fully saturated rings. The fourth-order valence-corrected chi connectivity index (χ4v) is 4.81. The van der Waals surface area contributed by atoms with Crippen LogP contribution in [0.3, 0.4) is 0 Å². The zero-order valence-corrected chi connectivity index (χ0v) is 12.1. The molecule has 2 unspecified atom stereocenters. The molecule has 0 aromatic carbocycles. The molecule has 0 bridgehead atoms. The summed E-state index contributed by atoms with van der Waals surface area (Å²) in [5.41, 5.74) is 5.51. The molecule has 1 saturated heterocycles. The van der Waals surface area contributed by atoms with Gasteiger partial charge in [-0.25, -0.2) is 8.42 Å². The molecule has 18 heavy (non-hydrogen) atoms. The summed E-state index contributed by atoms with van der Waals surface area (Å²) in [4.78, 5) is 1.22. The first kappa shape index (κ1) is 14.0. The first-order valence-corrected chi connectivity index (χ1v) is 8.18. The molecule has 0 radical (unpaired) electrons. The Bertz CT molecular complexity index is 502. The van der Waals surface area contributed by atoms with Crippen LogP contribution in [0.25, 0.3) is 0 Å². The van der Waals surface area contributed by atoms with Crippen molar-refractivity contribution in [3.63, 3.8) is 0 Å². The van der Waals surface area contributed by atoms with Crippen LogP contribution in [0.15, 0.2) is 16.3 Å². The van der Waals surface area contributed by atoms with Crippen LogP contribution in [0.1, 0.15) is 18.7 Å². The lowest BCUT2D eigenvalue weighted by Crippen LogP contribution is -2.47. The minimum absolute atomic E-state index is 0.0730. The predicted octanol–water partition coefficient (Wildman–Crippen LogP) is 1.00. The Kier molecular flexibility index (Phi) is 4.08. The molecule has 2 rings (SSSR count). The van der Waals surface area contributed by atoms with Crippen molar-refractivity contribution in [1.29, 1.82) is 0 Å². The molecule has 1 aliphatic rings. The van der Waals surface area contributed by atoms with Crippen molar-refractivity contribution in [1.82, 2.24) is 4.31 Å². The average Bonchev–Trinajstić information content (AvgIpc) is 2.76. The molecule has 0 amide bonds. The standard InChI is InChI=1S/C11H18N2O3S2/c1-8-5-13(6-9(2)16-8)18(14,15)11-3-10(4-12)17-7-11/h3,7-9H,4-6,12H2,1-2H3. The molecule has 0 aliphatic carbocycles. The van der Waals surface area contributed by atoms with Crippen molar-refractivity contribution < 1.29 is 13.2 Å². The fraction of sp³-hybridized carbons (Fsp3) is 0.636. The molecule has 1 aromatic rings. The van der Waals surface area contributed by atoms with Gasteiger partial charge in [0.25, 0.3) is 0 Å². The highest BCUT2D eigenvalue weighted by Crippen LogP contribution is 2.25. The van der Waals surface area contributed by atoms with Crippen molar-refractivity contribution in [2.75, 3.05) is 13.1 Å². The highest BCUT2D eigenvalue weighted by atomic mass is 32.2. The summed E-state index contributed by atoms with van der Waals surface area (Å²) in [7, 11) is -3.41. The van der Waals surface area contributed by atoms with E-state index in [1.54, 1.807) is 11.4 Å². The van der Waals surface area contributed by atoms with Crippen molar-refractivity contribution in [2.45, 2.75) is 37.5 Å². The second-order valence-corrected chi connectivity index (χ2v) is 7.47. The lowest BCUT2D eigenvalue weighted by molar-refractivity contribution is -0.0440. The van der Waals surface area contributed by atoms with Gasteiger partial charge in [0.15, 0.2) is 0 Å². The lowest BCUT2D eigenvalue weighted by Gasteiger charge is -2.34. The lowest BCUT2D eigenvalue weighted by atomic mass is 10.3. The maximum atomic E-state index is 12.4. The normalized spacial score (nSPS) is 26.4. The van der Waals surface area contributed by atoms with Gasteiger partial charge in [-0.2, -0.15) is 4.31 Å². The van der Waals surface area contributed by atoms with Crippen molar-refractivity contribution in [3.8, 4) is 0 Å². The molecule has 7 heteroatoms. The monoisotopic (exact) mass is 290 g/mol. The van der Waals surface area contributed by atoms with Crippen LogP contribution >= 0.6 is 11.3 Å². The van der Waals surface area contributed by atoms with E-state index in [-0.39, 0.29) is 12.2 Å². The van der Waals surface area contributed by atoms with E-state index in [0.29, 0.717) is 24.5 Å². The molecule has 1 aliphatic heterocycles. The van der Waals surface area contributed by atoms with Gasteiger partial charge in [0.1, 0.15) is 0 Å². The van der Waals surface area contributed by atoms with Crippen molar-refractivity contribution in [2.24, 2.45) is 5.73 Å². The average molecular weight is 290 g/mol. The Morgan fingerprint density at radius 2 is 2.06 bits per heavy atom. The summed E-state index contributed by atoms with van der Waals surface area (Å²) in [6.07, 6.45) is -0.146. The first-order valence-electron chi connectivity index (χ1n) is 5.86. The molecule has 102 valence electrons. The number of nitrogens with two attached hydrogens (primary N) is 1. The Labute approximate surface area is 112 Å². The molecule has 2 N–H and O–H groups in total. The molecule has 1 aromatic heterocycles. The first-order chi connectivity index (χ1) is 8.43. The Balaban J connectivity index is 2.25. The summed E-state index contributed by atoms with van der Waals surface area (Å²) in [6.45, 7) is 4.95. The van der Waals surface area contributed by atoms with Gasteiger partial charge in [0, 0.05) is 29.9 Å². The largest absolute Gasteiger partial charge is 0.373 e. The number of ether oxygens (including phenoxy) is 1. The van der Waals surface area contributed by atoms with Gasteiger partial charge in [0.2, 0.25) is 10.0 Å². The second kappa shape index (κ2) is 5.26. The highest BCUT2D eigenvalue weighted by molar-refractivity contribution is 7.89. The maximum Gasteiger partial charge on any atom is 0.244 e. The van der Waals surface area contributed by atoms with E-state index in [9.17, 15) is 8.42 Å². The van der Waals surface area contributed by atoms with E-state index in [0.717, 1.165) is 4.88 Å². The summed E-state index contributed by atoms with van der Waals surface area (Å²) in [5, 5.41) is 1.66. The van der Waals surface area contributed by atoms with Crippen molar-refractivity contribution >= 4 is 21.4 Å². The molecular formula is C11H18N2O3S2.